The van der Waals surface area contributed by atoms with Crippen LogP contribution in [0.25, 0.3) is 0 Å². The van der Waals surface area contributed by atoms with Crippen molar-refractivity contribution in [3.05, 3.63) is 11.6 Å². The molecule has 2 aliphatic heterocycles. The lowest BCUT2D eigenvalue weighted by atomic mass is 9.82. The molecule has 112 valence electrons. The molecule has 0 spiro atoms. The molecule has 0 N–H and O–H groups in total. The normalized spacial score (nSPS) is 33.1. The molecule has 2 heterocycles. The summed E-state index contributed by atoms with van der Waals surface area (Å²) in [6, 6.07) is 0. The first-order chi connectivity index (χ1) is 9.73. The maximum atomic E-state index is 12.5. The van der Waals surface area contributed by atoms with Crippen LogP contribution in [-0.4, -0.2) is 50.8 Å². The third kappa shape index (κ3) is 2.63. The van der Waals surface area contributed by atoms with Gasteiger partial charge >= 0.3 is 0 Å². The summed E-state index contributed by atoms with van der Waals surface area (Å²) >= 11 is 0. The maximum absolute atomic E-state index is 12.5. The van der Waals surface area contributed by atoms with Crippen LogP contribution < -0.4 is 0 Å². The summed E-state index contributed by atoms with van der Waals surface area (Å²) in [5.41, 5.74) is 1.39. The minimum Gasteiger partial charge on any atom is -0.384 e. The summed E-state index contributed by atoms with van der Waals surface area (Å²) in [6.07, 6.45) is 7.66. The summed E-state index contributed by atoms with van der Waals surface area (Å²) in [7, 11) is 1.74. The van der Waals surface area contributed by atoms with Gasteiger partial charge in [-0.15, -0.1) is 0 Å². The topological polar surface area (TPSA) is 38.8 Å². The molecule has 0 bridgehead atoms. The number of carbonyl (C=O) groups excluding carboxylic acids is 1. The molecule has 0 aromatic rings. The summed E-state index contributed by atoms with van der Waals surface area (Å²) in [5.74, 6) is 0.745. The SMILES string of the molecule is COC[C@@]12COC[C@@H]1CN(C(=O)CC1=CCCCC1)C2. The number of allylic oxidation sites excluding steroid dienone is 1. The van der Waals surface area contributed by atoms with Crippen molar-refractivity contribution in [2.24, 2.45) is 11.3 Å². The third-order valence-electron chi connectivity index (χ3n) is 5.07. The second-order valence-corrected chi connectivity index (χ2v) is 6.57. The van der Waals surface area contributed by atoms with E-state index in [1.165, 1.54) is 18.4 Å². The third-order valence-corrected chi connectivity index (χ3v) is 5.07. The number of methoxy groups -OCH3 is 1. The Bertz CT molecular complexity index is 407. The van der Waals surface area contributed by atoms with Crippen LogP contribution in [0.2, 0.25) is 0 Å². The van der Waals surface area contributed by atoms with Gasteiger partial charge in [0.25, 0.3) is 0 Å². The summed E-state index contributed by atoms with van der Waals surface area (Å²) in [5, 5.41) is 0. The van der Waals surface area contributed by atoms with Crippen LogP contribution in [0.4, 0.5) is 0 Å². The highest BCUT2D eigenvalue weighted by Crippen LogP contribution is 2.41. The Balaban J connectivity index is 1.61. The molecule has 0 saturated carbocycles. The van der Waals surface area contributed by atoms with Gasteiger partial charge in [-0.1, -0.05) is 11.6 Å². The average Bonchev–Trinajstić information content (AvgIpc) is 2.97. The van der Waals surface area contributed by atoms with Gasteiger partial charge < -0.3 is 14.4 Å². The van der Waals surface area contributed by atoms with E-state index in [0.29, 0.717) is 24.9 Å². The Morgan fingerprint density at radius 3 is 3.20 bits per heavy atom. The highest BCUT2D eigenvalue weighted by molar-refractivity contribution is 5.79. The molecule has 0 unspecified atom stereocenters. The largest absolute Gasteiger partial charge is 0.384 e. The number of rotatable bonds is 4. The molecule has 2 atom stereocenters. The van der Waals surface area contributed by atoms with Gasteiger partial charge in [0.1, 0.15) is 0 Å². The van der Waals surface area contributed by atoms with Crippen molar-refractivity contribution in [2.75, 3.05) is 40.0 Å². The molecule has 2 fully saturated rings. The highest BCUT2D eigenvalue weighted by Gasteiger charge is 2.51. The van der Waals surface area contributed by atoms with Crippen LogP contribution in [0.5, 0.6) is 0 Å². The Morgan fingerprint density at radius 2 is 2.45 bits per heavy atom. The molecule has 0 aromatic heterocycles. The summed E-state index contributed by atoms with van der Waals surface area (Å²) in [6.45, 7) is 3.85. The number of carbonyl (C=O) groups is 1. The number of hydrogen-bond acceptors (Lipinski definition) is 3. The second kappa shape index (κ2) is 5.86. The van der Waals surface area contributed by atoms with Crippen molar-refractivity contribution in [3.63, 3.8) is 0 Å². The van der Waals surface area contributed by atoms with Crippen molar-refractivity contribution in [1.29, 1.82) is 0 Å². The number of hydrogen-bond donors (Lipinski definition) is 0. The fraction of sp³-hybridized carbons (Fsp3) is 0.812. The van der Waals surface area contributed by atoms with Gasteiger partial charge in [-0.2, -0.15) is 0 Å². The first-order valence-corrected chi connectivity index (χ1v) is 7.76. The van der Waals surface area contributed by atoms with Crippen LogP contribution in [-0.2, 0) is 14.3 Å². The van der Waals surface area contributed by atoms with Gasteiger partial charge in [0.2, 0.25) is 5.91 Å². The van der Waals surface area contributed by atoms with Crippen LogP contribution in [0.15, 0.2) is 11.6 Å². The monoisotopic (exact) mass is 279 g/mol. The van der Waals surface area contributed by atoms with E-state index in [1.54, 1.807) is 7.11 Å². The molecular formula is C16H25NO3. The second-order valence-electron chi connectivity index (χ2n) is 6.57. The molecule has 2 saturated heterocycles. The zero-order valence-corrected chi connectivity index (χ0v) is 12.4. The molecule has 1 aliphatic carbocycles. The van der Waals surface area contributed by atoms with E-state index in [-0.39, 0.29) is 5.41 Å². The molecule has 4 heteroatoms. The molecule has 4 nitrogen and oxygen atoms in total. The number of likely N-dealkylation sites (tertiary alicyclic amines) is 1. The fourth-order valence-electron chi connectivity index (χ4n) is 3.88. The number of amides is 1. The quantitative estimate of drug-likeness (QED) is 0.739. The molecule has 0 aromatic carbocycles. The minimum atomic E-state index is 0.0470. The molecule has 20 heavy (non-hydrogen) atoms. The Kier molecular flexibility index (Phi) is 4.13. The zero-order chi connectivity index (χ0) is 14.0. The average molecular weight is 279 g/mol. The van der Waals surface area contributed by atoms with Crippen molar-refractivity contribution < 1.29 is 14.3 Å². The van der Waals surface area contributed by atoms with Crippen molar-refractivity contribution >= 4 is 5.91 Å². The Labute approximate surface area is 121 Å². The first-order valence-electron chi connectivity index (χ1n) is 7.76. The van der Waals surface area contributed by atoms with E-state index >= 15 is 0 Å². The standard InChI is InChI=1S/C16H25NO3/c1-19-11-16-10-17(8-14(16)9-20-12-16)15(18)7-13-5-3-2-4-6-13/h5,14H,2-4,6-12H2,1H3/t14-,16-/m0/s1. The predicted octanol–water partition coefficient (Wildman–Crippen LogP) is 2.00. The minimum absolute atomic E-state index is 0.0470. The van der Waals surface area contributed by atoms with Crippen LogP contribution in [0.3, 0.4) is 0 Å². The lowest BCUT2D eigenvalue weighted by Gasteiger charge is -2.26. The van der Waals surface area contributed by atoms with Crippen LogP contribution in [0, 0.1) is 11.3 Å². The van der Waals surface area contributed by atoms with Gasteiger partial charge in [-0.05, 0) is 25.7 Å². The van der Waals surface area contributed by atoms with Gasteiger partial charge in [0.15, 0.2) is 0 Å². The first kappa shape index (κ1) is 14.1. The molecule has 0 radical (unpaired) electrons. The van der Waals surface area contributed by atoms with E-state index in [9.17, 15) is 4.79 Å². The van der Waals surface area contributed by atoms with Gasteiger partial charge in [0.05, 0.1) is 19.8 Å². The van der Waals surface area contributed by atoms with E-state index in [0.717, 1.165) is 39.1 Å². The predicted molar refractivity (Wildman–Crippen MR) is 76.4 cm³/mol. The fourth-order valence-corrected chi connectivity index (χ4v) is 3.88. The van der Waals surface area contributed by atoms with Gasteiger partial charge in [-0.25, -0.2) is 0 Å². The molecule has 3 rings (SSSR count). The maximum Gasteiger partial charge on any atom is 0.226 e. The van der Waals surface area contributed by atoms with E-state index in [1.807, 2.05) is 4.90 Å². The van der Waals surface area contributed by atoms with Crippen LogP contribution in [0.1, 0.15) is 32.1 Å². The van der Waals surface area contributed by atoms with Crippen molar-refractivity contribution in [1.82, 2.24) is 4.90 Å². The lowest BCUT2D eigenvalue weighted by molar-refractivity contribution is -0.130. The van der Waals surface area contributed by atoms with E-state index < -0.39 is 0 Å². The van der Waals surface area contributed by atoms with E-state index in [4.69, 9.17) is 9.47 Å². The Hall–Kier alpha value is -0.870. The number of nitrogens with zero attached hydrogens (tertiary/aromatic N) is 1. The van der Waals surface area contributed by atoms with Crippen molar-refractivity contribution in [2.45, 2.75) is 32.1 Å². The van der Waals surface area contributed by atoms with Crippen LogP contribution >= 0.6 is 0 Å². The molecule has 1 amide bonds. The highest BCUT2D eigenvalue weighted by atomic mass is 16.5. The summed E-state index contributed by atoms with van der Waals surface area (Å²) < 4.78 is 11.0. The van der Waals surface area contributed by atoms with Gasteiger partial charge in [0, 0.05) is 38.0 Å². The Morgan fingerprint density at radius 1 is 1.55 bits per heavy atom. The molecular weight excluding hydrogens is 254 g/mol. The van der Waals surface area contributed by atoms with Gasteiger partial charge in [-0.3, -0.25) is 4.79 Å². The van der Waals surface area contributed by atoms with Crippen molar-refractivity contribution in [3.8, 4) is 0 Å². The zero-order valence-electron chi connectivity index (χ0n) is 12.4. The smallest absolute Gasteiger partial charge is 0.226 e. The lowest BCUT2D eigenvalue weighted by Crippen LogP contribution is -2.37. The van der Waals surface area contributed by atoms with E-state index in [2.05, 4.69) is 6.08 Å². The molecule has 3 aliphatic rings. The number of ether oxygens (including phenoxy) is 2. The number of fused-ring (bicyclic) bond motifs is 1. The summed E-state index contributed by atoms with van der Waals surface area (Å²) in [4.78, 5) is 14.5.